The van der Waals surface area contributed by atoms with Gasteiger partial charge in [0.15, 0.2) is 5.78 Å². The summed E-state index contributed by atoms with van der Waals surface area (Å²) < 4.78 is 6.24. The molecule has 0 amide bonds. The molecule has 5 rings (SSSR count). The summed E-state index contributed by atoms with van der Waals surface area (Å²) >= 11 is 0. The van der Waals surface area contributed by atoms with E-state index in [9.17, 15) is 4.79 Å². The standard InChI is InChI=1S/C26H22N2O2/c1-2-30-26-24-23(29)17-22(18-11-5-3-6-12-18)28(26)21-16-10-9-15-20(21)27-25(24)19-13-7-4-8-14-19/h3-17,24,26H,2H2,1H3. The van der Waals surface area contributed by atoms with Gasteiger partial charge in [-0.15, -0.1) is 0 Å². The van der Waals surface area contributed by atoms with Crippen LogP contribution >= 0.6 is 0 Å². The Balaban J connectivity index is 1.78. The SMILES string of the molecule is CCOC1C2C(=O)C=C(c3ccccc3)N1c1ccccc1N=C2c1ccccc1. The molecule has 0 aromatic heterocycles. The largest absolute Gasteiger partial charge is 0.357 e. The molecule has 0 aliphatic carbocycles. The lowest BCUT2D eigenvalue weighted by atomic mass is 9.86. The van der Waals surface area contributed by atoms with E-state index in [4.69, 9.17) is 9.73 Å². The first-order chi connectivity index (χ1) is 14.8. The summed E-state index contributed by atoms with van der Waals surface area (Å²) in [5.41, 5.74) is 5.28. The highest BCUT2D eigenvalue weighted by molar-refractivity contribution is 6.22. The minimum Gasteiger partial charge on any atom is -0.357 e. The first-order valence-electron chi connectivity index (χ1n) is 10.2. The highest BCUT2D eigenvalue weighted by Gasteiger charge is 2.44. The lowest BCUT2D eigenvalue weighted by Crippen LogP contribution is -2.50. The maximum Gasteiger partial charge on any atom is 0.171 e. The molecule has 0 spiro atoms. The number of ketones is 1. The zero-order chi connectivity index (χ0) is 20.5. The average Bonchev–Trinajstić information content (AvgIpc) is 2.90. The van der Waals surface area contributed by atoms with Crippen LogP contribution < -0.4 is 4.90 Å². The smallest absolute Gasteiger partial charge is 0.171 e. The predicted molar refractivity (Wildman–Crippen MR) is 120 cm³/mol. The molecule has 2 bridgehead atoms. The Hall–Kier alpha value is -3.50. The maximum atomic E-state index is 13.5. The molecule has 3 aromatic rings. The second-order valence-corrected chi connectivity index (χ2v) is 7.34. The van der Waals surface area contributed by atoms with Crippen LogP contribution in [0.3, 0.4) is 0 Å². The fourth-order valence-electron chi connectivity index (χ4n) is 4.25. The lowest BCUT2D eigenvalue weighted by Gasteiger charge is -2.40. The quantitative estimate of drug-likeness (QED) is 0.608. The van der Waals surface area contributed by atoms with Crippen molar-refractivity contribution < 1.29 is 9.53 Å². The van der Waals surface area contributed by atoms with E-state index in [1.54, 1.807) is 6.08 Å². The van der Waals surface area contributed by atoms with Crippen molar-refractivity contribution in [3.05, 3.63) is 102 Å². The van der Waals surface area contributed by atoms with Crippen LogP contribution in [0, 0.1) is 5.92 Å². The van der Waals surface area contributed by atoms with E-state index in [1.807, 2.05) is 91.9 Å². The number of fused-ring (bicyclic) bond motifs is 4. The molecule has 0 N–H and O–H groups in total. The van der Waals surface area contributed by atoms with Gasteiger partial charge in [0, 0.05) is 12.7 Å². The van der Waals surface area contributed by atoms with Crippen LogP contribution in [0.5, 0.6) is 0 Å². The van der Waals surface area contributed by atoms with Crippen molar-refractivity contribution in [3.8, 4) is 0 Å². The molecule has 0 saturated carbocycles. The summed E-state index contributed by atoms with van der Waals surface area (Å²) in [5.74, 6) is -0.494. The Kier molecular flexibility index (Phi) is 4.77. The first kappa shape index (κ1) is 18.5. The van der Waals surface area contributed by atoms with E-state index in [-0.39, 0.29) is 5.78 Å². The fraction of sp³-hybridized carbons (Fsp3) is 0.154. The van der Waals surface area contributed by atoms with Crippen LogP contribution in [0.2, 0.25) is 0 Å². The monoisotopic (exact) mass is 394 g/mol. The molecule has 148 valence electrons. The number of nitrogens with zero attached hydrogens (tertiary/aromatic N) is 2. The molecule has 4 heteroatoms. The molecule has 0 radical (unpaired) electrons. The van der Waals surface area contributed by atoms with Gasteiger partial charge in [0.25, 0.3) is 0 Å². The fourth-order valence-corrected chi connectivity index (χ4v) is 4.25. The Labute approximate surface area is 176 Å². The number of carbonyl (C=O) groups excluding carboxylic acids is 1. The Bertz CT molecular complexity index is 1140. The minimum atomic E-state index is -0.507. The van der Waals surface area contributed by atoms with E-state index >= 15 is 0 Å². The van der Waals surface area contributed by atoms with Crippen molar-refractivity contribution in [3.63, 3.8) is 0 Å². The number of rotatable bonds is 4. The van der Waals surface area contributed by atoms with Crippen molar-refractivity contribution in [2.24, 2.45) is 10.9 Å². The van der Waals surface area contributed by atoms with Crippen LogP contribution in [0.1, 0.15) is 18.1 Å². The van der Waals surface area contributed by atoms with Gasteiger partial charge in [0.05, 0.1) is 22.8 Å². The lowest BCUT2D eigenvalue weighted by molar-refractivity contribution is -0.120. The van der Waals surface area contributed by atoms with Gasteiger partial charge in [-0.05, 0) is 30.2 Å². The second-order valence-electron chi connectivity index (χ2n) is 7.34. The number of benzene rings is 3. The van der Waals surface area contributed by atoms with Gasteiger partial charge in [0.1, 0.15) is 12.1 Å². The highest BCUT2D eigenvalue weighted by atomic mass is 16.5. The van der Waals surface area contributed by atoms with Crippen LogP contribution in [0.25, 0.3) is 5.70 Å². The number of para-hydroxylation sites is 2. The zero-order valence-corrected chi connectivity index (χ0v) is 16.7. The summed E-state index contributed by atoms with van der Waals surface area (Å²) in [6, 6.07) is 27.9. The van der Waals surface area contributed by atoms with Crippen molar-refractivity contribution in [1.29, 1.82) is 0 Å². The molecule has 2 aliphatic rings. The Morgan fingerprint density at radius 1 is 0.867 bits per heavy atom. The van der Waals surface area contributed by atoms with E-state index < -0.39 is 12.1 Å². The first-order valence-corrected chi connectivity index (χ1v) is 10.2. The van der Waals surface area contributed by atoms with Gasteiger partial charge in [0.2, 0.25) is 0 Å². The number of anilines is 1. The Morgan fingerprint density at radius 2 is 1.50 bits per heavy atom. The van der Waals surface area contributed by atoms with Crippen molar-refractivity contribution in [1.82, 2.24) is 0 Å². The van der Waals surface area contributed by atoms with E-state index in [0.29, 0.717) is 6.61 Å². The molecule has 3 aromatic carbocycles. The van der Waals surface area contributed by atoms with E-state index in [1.165, 1.54) is 0 Å². The van der Waals surface area contributed by atoms with E-state index in [2.05, 4.69) is 4.90 Å². The molecule has 2 heterocycles. The second kappa shape index (κ2) is 7.73. The number of allylic oxidation sites excluding steroid dienone is 1. The third-order valence-corrected chi connectivity index (χ3v) is 5.54. The molecule has 2 atom stereocenters. The topological polar surface area (TPSA) is 41.9 Å². The summed E-state index contributed by atoms with van der Waals surface area (Å²) in [4.78, 5) is 20.6. The van der Waals surface area contributed by atoms with Crippen LogP contribution in [-0.4, -0.2) is 24.3 Å². The number of hydrogen-bond acceptors (Lipinski definition) is 4. The summed E-state index contributed by atoms with van der Waals surface area (Å²) in [6.45, 7) is 2.46. The van der Waals surface area contributed by atoms with Gasteiger partial charge >= 0.3 is 0 Å². The predicted octanol–water partition coefficient (Wildman–Crippen LogP) is 5.23. The van der Waals surface area contributed by atoms with Gasteiger partial charge in [-0.3, -0.25) is 4.79 Å². The van der Waals surface area contributed by atoms with Crippen molar-refractivity contribution in [2.75, 3.05) is 11.5 Å². The maximum absolute atomic E-state index is 13.5. The molecule has 0 fully saturated rings. The molecule has 0 saturated heterocycles. The highest BCUT2D eigenvalue weighted by Crippen LogP contribution is 2.44. The molecular formula is C26H22N2O2. The summed E-state index contributed by atoms with van der Waals surface area (Å²) in [6.07, 6.45) is 1.28. The number of carbonyl (C=O) groups is 1. The summed E-state index contributed by atoms with van der Waals surface area (Å²) in [7, 11) is 0. The van der Waals surface area contributed by atoms with Gasteiger partial charge in [-0.25, -0.2) is 4.99 Å². The van der Waals surface area contributed by atoms with E-state index in [0.717, 1.165) is 33.9 Å². The summed E-state index contributed by atoms with van der Waals surface area (Å²) in [5, 5.41) is 0. The third kappa shape index (κ3) is 3.06. The van der Waals surface area contributed by atoms with Gasteiger partial charge in [-0.2, -0.15) is 0 Å². The normalized spacial score (nSPS) is 20.2. The molecule has 2 aliphatic heterocycles. The number of aliphatic imine (C=N–C) groups is 1. The van der Waals surface area contributed by atoms with Crippen molar-refractivity contribution >= 4 is 28.6 Å². The van der Waals surface area contributed by atoms with Crippen LogP contribution in [-0.2, 0) is 9.53 Å². The third-order valence-electron chi connectivity index (χ3n) is 5.54. The molecule has 4 nitrogen and oxygen atoms in total. The number of ether oxygens (including phenoxy) is 1. The molecule has 2 unspecified atom stereocenters. The van der Waals surface area contributed by atoms with Crippen molar-refractivity contribution in [2.45, 2.75) is 13.2 Å². The van der Waals surface area contributed by atoms with Crippen LogP contribution in [0.4, 0.5) is 11.4 Å². The average molecular weight is 394 g/mol. The van der Waals surface area contributed by atoms with Gasteiger partial charge < -0.3 is 9.64 Å². The van der Waals surface area contributed by atoms with Crippen LogP contribution in [0.15, 0.2) is 96.0 Å². The number of hydrogen-bond donors (Lipinski definition) is 0. The molecular weight excluding hydrogens is 372 g/mol. The van der Waals surface area contributed by atoms with Gasteiger partial charge in [-0.1, -0.05) is 72.8 Å². The molecule has 30 heavy (non-hydrogen) atoms. The minimum absolute atomic E-state index is 0.0129. The zero-order valence-electron chi connectivity index (χ0n) is 16.7. The Morgan fingerprint density at radius 3 is 2.20 bits per heavy atom.